The summed E-state index contributed by atoms with van der Waals surface area (Å²) in [6.45, 7) is 3.39. The molecule has 1 N–H and O–H groups in total. The maximum atomic E-state index is 4.33. The van der Waals surface area contributed by atoms with E-state index in [0.717, 1.165) is 13.0 Å². The van der Waals surface area contributed by atoms with E-state index in [0.29, 0.717) is 5.54 Å². The van der Waals surface area contributed by atoms with Crippen molar-refractivity contribution in [3.05, 3.63) is 30.1 Å². The Bertz CT molecular complexity index is 289. The molecule has 2 nitrogen and oxygen atoms in total. The standard InChI is InChI=1S/C13H20N2/c1-13(8-3-4-9-13)15-11-7-12-6-2-5-10-14-12/h2,5-6,10,15H,3-4,7-9,11H2,1H3. The number of nitrogens with one attached hydrogen (secondary N) is 1. The zero-order valence-corrected chi connectivity index (χ0v) is 9.50. The van der Waals surface area contributed by atoms with Gasteiger partial charge in [0.05, 0.1) is 0 Å². The Hall–Kier alpha value is -0.890. The van der Waals surface area contributed by atoms with E-state index in [4.69, 9.17) is 0 Å². The predicted octanol–water partition coefficient (Wildman–Crippen LogP) is 2.55. The lowest BCUT2D eigenvalue weighted by Gasteiger charge is -2.25. The Morgan fingerprint density at radius 2 is 2.13 bits per heavy atom. The van der Waals surface area contributed by atoms with Crippen LogP contribution >= 0.6 is 0 Å². The first-order chi connectivity index (χ1) is 7.29. The Balaban J connectivity index is 1.75. The van der Waals surface area contributed by atoms with Crippen molar-refractivity contribution in [3.63, 3.8) is 0 Å². The van der Waals surface area contributed by atoms with Crippen LogP contribution in [0.4, 0.5) is 0 Å². The number of pyridine rings is 1. The third-order valence-corrected chi connectivity index (χ3v) is 3.37. The second-order valence-corrected chi connectivity index (χ2v) is 4.77. The summed E-state index contributed by atoms with van der Waals surface area (Å²) in [5, 5.41) is 3.67. The first kappa shape index (κ1) is 10.6. The highest BCUT2D eigenvalue weighted by molar-refractivity contribution is 5.04. The molecule has 0 spiro atoms. The fraction of sp³-hybridized carbons (Fsp3) is 0.615. The highest BCUT2D eigenvalue weighted by atomic mass is 15.0. The fourth-order valence-corrected chi connectivity index (χ4v) is 2.37. The Labute approximate surface area is 92.1 Å². The van der Waals surface area contributed by atoms with Crippen molar-refractivity contribution in [1.82, 2.24) is 10.3 Å². The number of hydrogen-bond donors (Lipinski definition) is 1. The number of hydrogen-bond acceptors (Lipinski definition) is 2. The minimum Gasteiger partial charge on any atom is -0.311 e. The van der Waals surface area contributed by atoms with Gasteiger partial charge in [-0.05, 0) is 31.9 Å². The molecule has 2 heteroatoms. The minimum absolute atomic E-state index is 0.398. The van der Waals surface area contributed by atoms with E-state index in [9.17, 15) is 0 Å². The van der Waals surface area contributed by atoms with Gasteiger partial charge in [-0.3, -0.25) is 4.98 Å². The van der Waals surface area contributed by atoms with Crippen LogP contribution in [0.5, 0.6) is 0 Å². The highest BCUT2D eigenvalue weighted by Crippen LogP contribution is 2.28. The van der Waals surface area contributed by atoms with E-state index in [1.807, 2.05) is 12.3 Å². The lowest BCUT2D eigenvalue weighted by Crippen LogP contribution is -2.40. The van der Waals surface area contributed by atoms with Gasteiger partial charge in [-0.15, -0.1) is 0 Å². The summed E-state index contributed by atoms with van der Waals surface area (Å²) in [6.07, 6.45) is 8.33. The van der Waals surface area contributed by atoms with Gasteiger partial charge in [0.15, 0.2) is 0 Å². The maximum Gasteiger partial charge on any atom is 0.0416 e. The molecule has 1 saturated carbocycles. The van der Waals surface area contributed by atoms with Crippen molar-refractivity contribution in [2.75, 3.05) is 6.54 Å². The molecule has 15 heavy (non-hydrogen) atoms. The molecular weight excluding hydrogens is 184 g/mol. The van der Waals surface area contributed by atoms with Crippen LogP contribution < -0.4 is 5.32 Å². The van der Waals surface area contributed by atoms with Crippen LogP contribution in [-0.4, -0.2) is 17.1 Å². The van der Waals surface area contributed by atoms with Crippen LogP contribution in [-0.2, 0) is 6.42 Å². The quantitative estimate of drug-likeness (QED) is 0.815. The normalized spacial score (nSPS) is 19.3. The van der Waals surface area contributed by atoms with Gasteiger partial charge >= 0.3 is 0 Å². The molecule has 2 rings (SSSR count). The summed E-state index contributed by atoms with van der Waals surface area (Å²) in [4.78, 5) is 4.33. The van der Waals surface area contributed by atoms with E-state index in [-0.39, 0.29) is 0 Å². The summed E-state index contributed by atoms with van der Waals surface area (Å²) < 4.78 is 0. The van der Waals surface area contributed by atoms with Gasteiger partial charge in [0, 0.05) is 30.4 Å². The van der Waals surface area contributed by atoms with Crippen molar-refractivity contribution < 1.29 is 0 Å². The third-order valence-electron chi connectivity index (χ3n) is 3.37. The van der Waals surface area contributed by atoms with E-state index in [2.05, 4.69) is 29.4 Å². The van der Waals surface area contributed by atoms with Gasteiger partial charge < -0.3 is 5.32 Å². The van der Waals surface area contributed by atoms with Gasteiger partial charge in [-0.25, -0.2) is 0 Å². The Kier molecular flexibility index (Phi) is 3.37. The third kappa shape index (κ3) is 3.03. The predicted molar refractivity (Wildman–Crippen MR) is 62.8 cm³/mol. The summed E-state index contributed by atoms with van der Waals surface area (Å²) in [5.74, 6) is 0. The molecule has 1 fully saturated rings. The maximum absolute atomic E-state index is 4.33. The van der Waals surface area contributed by atoms with E-state index < -0.39 is 0 Å². The van der Waals surface area contributed by atoms with E-state index in [1.165, 1.54) is 31.4 Å². The van der Waals surface area contributed by atoms with E-state index in [1.54, 1.807) is 0 Å². The van der Waals surface area contributed by atoms with Crippen LogP contribution in [0, 0.1) is 0 Å². The first-order valence-electron chi connectivity index (χ1n) is 5.93. The summed E-state index contributed by atoms with van der Waals surface area (Å²) in [5.41, 5.74) is 1.58. The highest BCUT2D eigenvalue weighted by Gasteiger charge is 2.27. The van der Waals surface area contributed by atoms with Gasteiger partial charge in [0.1, 0.15) is 0 Å². The Morgan fingerprint density at radius 3 is 2.80 bits per heavy atom. The van der Waals surface area contributed by atoms with Crippen LogP contribution in [0.15, 0.2) is 24.4 Å². The molecule has 0 unspecified atom stereocenters. The zero-order chi connectivity index (χ0) is 10.6. The lowest BCUT2D eigenvalue weighted by molar-refractivity contribution is 0.367. The largest absolute Gasteiger partial charge is 0.311 e. The van der Waals surface area contributed by atoms with Crippen LogP contribution in [0.3, 0.4) is 0 Å². The molecule has 1 aromatic rings. The van der Waals surface area contributed by atoms with Gasteiger partial charge in [-0.2, -0.15) is 0 Å². The molecule has 0 bridgehead atoms. The molecule has 1 aliphatic carbocycles. The molecule has 0 aromatic carbocycles. The smallest absolute Gasteiger partial charge is 0.0416 e. The molecule has 0 saturated heterocycles. The minimum atomic E-state index is 0.398. The first-order valence-corrected chi connectivity index (χ1v) is 5.93. The molecule has 1 heterocycles. The molecule has 1 aromatic heterocycles. The van der Waals surface area contributed by atoms with Crippen molar-refractivity contribution in [3.8, 4) is 0 Å². The van der Waals surface area contributed by atoms with Gasteiger partial charge in [-0.1, -0.05) is 18.9 Å². The topological polar surface area (TPSA) is 24.9 Å². The zero-order valence-electron chi connectivity index (χ0n) is 9.50. The summed E-state index contributed by atoms with van der Waals surface area (Å²) >= 11 is 0. The number of nitrogens with zero attached hydrogens (tertiary/aromatic N) is 1. The molecule has 1 aliphatic rings. The molecule has 0 atom stereocenters. The molecule has 0 radical (unpaired) electrons. The molecule has 82 valence electrons. The van der Waals surface area contributed by atoms with Crippen molar-refractivity contribution in [2.24, 2.45) is 0 Å². The van der Waals surface area contributed by atoms with E-state index >= 15 is 0 Å². The second-order valence-electron chi connectivity index (χ2n) is 4.77. The fourth-order valence-electron chi connectivity index (χ4n) is 2.37. The van der Waals surface area contributed by atoms with Crippen LogP contribution in [0.25, 0.3) is 0 Å². The van der Waals surface area contributed by atoms with Crippen molar-refractivity contribution in [1.29, 1.82) is 0 Å². The molecular formula is C13H20N2. The summed E-state index contributed by atoms with van der Waals surface area (Å²) in [7, 11) is 0. The Morgan fingerprint density at radius 1 is 1.33 bits per heavy atom. The monoisotopic (exact) mass is 204 g/mol. The lowest BCUT2D eigenvalue weighted by atomic mass is 10.0. The van der Waals surface area contributed by atoms with Crippen LogP contribution in [0.1, 0.15) is 38.3 Å². The van der Waals surface area contributed by atoms with Gasteiger partial charge in [0.2, 0.25) is 0 Å². The average Bonchev–Trinajstić information content (AvgIpc) is 2.67. The summed E-state index contributed by atoms with van der Waals surface area (Å²) in [6, 6.07) is 6.12. The van der Waals surface area contributed by atoms with Crippen molar-refractivity contribution in [2.45, 2.75) is 44.6 Å². The SMILES string of the molecule is CC1(NCCc2ccccn2)CCCC1. The molecule has 0 aliphatic heterocycles. The van der Waals surface area contributed by atoms with Crippen molar-refractivity contribution >= 4 is 0 Å². The second kappa shape index (κ2) is 4.75. The van der Waals surface area contributed by atoms with Crippen LogP contribution in [0.2, 0.25) is 0 Å². The number of aromatic nitrogens is 1. The van der Waals surface area contributed by atoms with Gasteiger partial charge in [0.25, 0.3) is 0 Å². The number of rotatable bonds is 4. The molecule has 0 amide bonds. The average molecular weight is 204 g/mol.